The number of nitrogens with zero attached hydrogens (tertiary/aromatic N) is 4. The van der Waals surface area contributed by atoms with Crippen molar-refractivity contribution in [2.75, 3.05) is 22.5 Å². The molecule has 2 aromatic rings. The maximum absolute atomic E-state index is 6.36. The van der Waals surface area contributed by atoms with E-state index in [2.05, 4.69) is 32.1 Å². The number of hydrogen-bond acceptors (Lipinski definition) is 6. The Bertz CT molecular complexity index is 672. The van der Waals surface area contributed by atoms with Crippen LogP contribution >= 0.6 is 0 Å². The molecule has 0 aromatic carbocycles. The quantitative estimate of drug-likeness (QED) is 0.902. The van der Waals surface area contributed by atoms with Gasteiger partial charge in [-0.25, -0.2) is 15.0 Å². The first-order valence-corrected chi connectivity index (χ1v) is 8.27. The minimum Gasteiger partial charge on any atom is -0.393 e. The van der Waals surface area contributed by atoms with E-state index in [-0.39, 0.29) is 0 Å². The van der Waals surface area contributed by atoms with Gasteiger partial charge in [-0.15, -0.1) is 0 Å². The Morgan fingerprint density at radius 3 is 2.96 bits per heavy atom. The lowest BCUT2D eigenvalue weighted by atomic mass is 10.00. The van der Waals surface area contributed by atoms with Crippen LogP contribution in [0.25, 0.3) is 0 Å². The summed E-state index contributed by atoms with van der Waals surface area (Å²) in [6.07, 6.45) is 6.33. The van der Waals surface area contributed by atoms with Gasteiger partial charge < -0.3 is 16.0 Å². The van der Waals surface area contributed by atoms with Gasteiger partial charge in [0.1, 0.15) is 17.8 Å². The monoisotopic (exact) mass is 312 g/mol. The molecule has 1 atom stereocenters. The van der Waals surface area contributed by atoms with Crippen molar-refractivity contribution < 1.29 is 0 Å². The maximum Gasteiger partial charge on any atom is 0.160 e. The van der Waals surface area contributed by atoms with Crippen LogP contribution in [0.5, 0.6) is 0 Å². The molecule has 0 bridgehead atoms. The standard InChI is InChI=1S/C17H24N6/c1-3-13-8-4-5-10-23(13)17-15(18)16(19-11-20-17)22-14-9-6-7-12(2)21-14/h6-7,9,11,13H,3-5,8,10,18H2,1-2H3,(H,19,20,21,22). The number of rotatable bonds is 4. The van der Waals surface area contributed by atoms with Crippen LogP contribution in [0.2, 0.25) is 0 Å². The van der Waals surface area contributed by atoms with Crippen LogP contribution in [0.3, 0.4) is 0 Å². The highest BCUT2D eigenvalue weighted by Gasteiger charge is 2.25. The lowest BCUT2D eigenvalue weighted by Crippen LogP contribution is -2.40. The molecule has 6 heteroatoms. The summed E-state index contributed by atoms with van der Waals surface area (Å²) < 4.78 is 0. The van der Waals surface area contributed by atoms with Gasteiger partial charge in [0.25, 0.3) is 0 Å². The van der Waals surface area contributed by atoms with E-state index >= 15 is 0 Å². The number of nitrogens with two attached hydrogens (primary N) is 1. The van der Waals surface area contributed by atoms with Gasteiger partial charge in [-0.05, 0) is 44.7 Å². The predicted octanol–water partition coefficient (Wildman–Crippen LogP) is 3.27. The van der Waals surface area contributed by atoms with Gasteiger partial charge in [0.15, 0.2) is 11.6 Å². The molecule has 1 aliphatic rings. The Balaban J connectivity index is 1.88. The molecular weight excluding hydrogens is 288 g/mol. The molecule has 122 valence electrons. The van der Waals surface area contributed by atoms with E-state index in [1.807, 2.05) is 25.1 Å². The van der Waals surface area contributed by atoms with Crippen LogP contribution in [-0.4, -0.2) is 27.5 Å². The van der Waals surface area contributed by atoms with Crippen LogP contribution in [0, 0.1) is 6.92 Å². The van der Waals surface area contributed by atoms with Crippen molar-refractivity contribution in [1.82, 2.24) is 15.0 Å². The van der Waals surface area contributed by atoms with E-state index in [0.717, 1.165) is 30.3 Å². The smallest absolute Gasteiger partial charge is 0.160 e. The summed E-state index contributed by atoms with van der Waals surface area (Å²) in [6, 6.07) is 6.33. The number of nitrogen functional groups attached to an aromatic ring is 1. The third-order valence-electron chi connectivity index (χ3n) is 4.37. The number of aryl methyl sites for hydroxylation is 1. The first kappa shape index (κ1) is 15.5. The largest absolute Gasteiger partial charge is 0.393 e. The Morgan fingerprint density at radius 1 is 1.30 bits per heavy atom. The first-order chi connectivity index (χ1) is 11.2. The van der Waals surface area contributed by atoms with Gasteiger partial charge in [-0.2, -0.15) is 0 Å². The average molecular weight is 312 g/mol. The Labute approximate surface area is 137 Å². The minimum atomic E-state index is 0.505. The minimum absolute atomic E-state index is 0.505. The first-order valence-electron chi connectivity index (χ1n) is 8.27. The summed E-state index contributed by atoms with van der Waals surface area (Å²) in [6.45, 7) is 5.18. The molecule has 23 heavy (non-hydrogen) atoms. The molecule has 0 radical (unpaired) electrons. The van der Waals surface area contributed by atoms with Gasteiger partial charge in [-0.3, -0.25) is 0 Å². The molecule has 0 spiro atoms. The second-order valence-corrected chi connectivity index (χ2v) is 6.00. The molecule has 0 amide bonds. The zero-order valence-electron chi connectivity index (χ0n) is 13.8. The second-order valence-electron chi connectivity index (χ2n) is 6.00. The molecule has 6 nitrogen and oxygen atoms in total. The van der Waals surface area contributed by atoms with Gasteiger partial charge >= 0.3 is 0 Å². The molecule has 1 unspecified atom stereocenters. The van der Waals surface area contributed by atoms with E-state index in [1.54, 1.807) is 6.33 Å². The van der Waals surface area contributed by atoms with Gasteiger partial charge in [0, 0.05) is 18.3 Å². The highest BCUT2D eigenvalue weighted by atomic mass is 15.2. The Hall–Kier alpha value is -2.37. The highest BCUT2D eigenvalue weighted by molar-refractivity contribution is 5.77. The SMILES string of the molecule is CCC1CCCCN1c1ncnc(Nc2cccc(C)n2)c1N. The van der Waals surface area contributed by atoms with Gasteiger partial charge in [-0.1, -0.05) is 13.0 Å². The topological polar surface area (TPSA) is 80.0 Å². The lowest BCUT2D eigenvalue weighted by Gasteiger charge is -2.36. The molecule has 1 saturated heterocycles. The molecule has 0 saturated carbocycles. The van der Waals surface area contributed by atoms with Crippen molar-refractivity contribution >= 4 is 23.1 Å². The number of nitrogens with one attached hydrogen (secondary N) is 1. The number of pyridine rings is 1. The Kier molecular flexibility index (Phi) is 4.60. The normalized spacial score (nSPS) is 18.0. The highest BCUT2D eigenvalue weighted by Crippen LogP contribution is 2.32. The van der Waals surface area contributed by atoms with Crippen LogP contribution in [0.4, 0.5) is 23.1 Å². The number of aromatic nitrogens is 3. The van der Waals surface area contributed by atoms with E-state index in [1.165, 1.54) is 19.3 Å². The Morgan fingerprint density at radius 2 is 2.17 bits per heavy atom. The molecule has 1 fully saturated rings. The van der Waals surface area contributed by atoms with E-state index in [0.29, 0.717) is 17.5 Å². The fourth-order valence-corrected chi connectivity index (χ4v) is 3.15. The summed E-state index contributed by atoms with van der Waals surface area (Å²) >= 11 is 0. The summed E-state index contributed by atoms with van der Waals surface area (Å²) in [5.41, 5.74) is 7.90. The van der Waals surface area contributed by atoms with Crippen molar-refractivity contribution in [3.63, 3.8) is 0 Å². The average Bonchev–Trinajstić information content (AvgIpc) is 2.57. The fourth-order valence-electron chi connectivity index (χ4n) is 3.15. The zero-order valence-corrected chi connectivity index (χ0v) is 13.8. The molecule has 3 N–H and O–H groups in total. The van der Waals surface area contributed by atoms with Crippen LogP contribution in [-0.2, 0) is 0 Å². The van der Waals surface area contributed by atoms with Crippen molar-refractivity contribution in [3.05, 3.63) is 30.2 Å². The van der Waals surface area contributed by atoms with Crippen molar-refractivity contribution in [2.24, 2.45) is 0 Å². The lowest BCUT2D eigenvalue weighted by molar-refractivity contribution is 0.447. The summed E-state index contributed by atoms with van der Waals surface area (Å²) in [5.74, 6) is 2.20. The third kappa shape index (κ3) is 3.36. The summed E-state index contributed by atoms with van der Waals surface area (Å²) in [5, 5.41) is 3.21. The van der Waals surface area contributed by atoms with Crippen molar-refractivity contribution in [2.45, 2.75) is 45.6 Å². The zero-order chi connectivity index (χ0) is 16.2. The van der Waals surface area contributed by atoms with E-state index < -0.39 is 0 Å². The molecule has 3 rings (SSSR count). The van der Waals surface area contributed by atoms with Crippen molar-refractivity contribution in [1.29, 1.82) is 0 Å². The summed E-state index contributed by atoms with van der Waals surface area (Å²) in [7, 11) is 0. The second kappa shape index (κ2) is 6.81. The number of hydrogen-bond donors (Lipinski definition) is 2. The fraction of sp³-hybridized carbons (Fsp3) is 0.471. The maximum atomic E-state index is 6.36. The third-order valence-corrected chi connectivity index (χ3v) is 4.37. The van der Waals surface area contributed by atoms with Crippen LogP contribution < -0.4 is 16.0 Å². The van der Waals surface area contributed by atoms with Crippen molar-refractivity contribution in [3.8, 4) is 0 Å². The molecule has 3 heterocycles. The molecular formula is C17H24N6. The summed E-state index contributed by atoms with van der Waals surface area (Å²) in [4.78, 5) is 15.5. The van der Waals surface area contributed by atoms with Crippen LogP contribution in [0.1, 0.15) is 38.3 Å². The molecule has 2 aromatic heterocycles. The van der Waals surface area contributed by atoms with Gasteiger partial charge in [0.2, 0.25) is 0 Å². The number of piperidine rings is 1. The predicted molar refractivity (Wildman–Crippen MR) is 94.0 cm³/mol. The van der Waals surface area contributed by atoms with Gasteiger partial charge in [0.05, 0.1) is 0 Å². The molecule has 1 aliphatic heterocycles. The molecule has 0 aliphatic carbocycles. The number of anilines is 4. The van der Waals surface area contributed by atoms with E-state index in [4.69, 9.17) is 5.73 Å². The van der Waals surface area contributed by atoms with Crippen LogP contribution in [0.15, 0.2) is 24.5 Å². The van der Waals surface area contributed by atoms with E-state index in [9.17, 15) is 0 Å².